The largest absolute Gasteiger partial charge is 0.301 e. The Morgan fingerprint density at radius 2 is 1.90 bits per heavy atom. The molecule has 0 bridgehead atoms. The van der Waals surface area contributed by atoms with Gasteiger partial charge < -0.3 is 5.32 Å². The van der Waals surface area contributed by atoms with Crippen molar-refractivity contribution in [2.45, 2.75) is 25.9 Å². The van der Waals surface area contributed by atoms with Crippen LogP contribution in [0.1, 0.15) is 17.0 Å². The van der Waals surface area contributed by atoms with E-state index in [0.717, 1.165) is 32.4 Å². The molecule has 2 aromatic heterocycles. The fourth-order valence-corrected chi connectivity index (χ4v) is 4.81. The predicted molar refractivity (Wildman–Crippen MR) is 126 cm³/mol. The Balaban J connectivity index is 1.44. The molecule has 2 N–H and O–H groups in total. The number of benzene rings is 2. The summed E-state index contributed by atoms with van der Waals surface area (Å²) in [5.74, 6) is 0.0904. The Bertz CT molecular complexity index is 1220. The number of anilines is 2. The molecular weight excluding hydrogens is 438 g/mol. The summed E-state index contributed by atoms with van der Waals surface area (Å²) in [7, 11) is 0. The minimum absolute atomic E-state index is 0.134. The summed E-state index contributed by atoms with van der Waals surface area (Å²) in [6.07, 6.45) is 0. The van der Waals surface area contributed by atoms with E-state index in [4.69, 9.17) is 11.6 Å². The SMILES string of the molecule is Cc1ccc(Nn2c(SCC(=O)Nc3nc4ccc(Cl)cc4s3)nc(C)c2C)cc1. The number of hydrogen-bond donors (Lipinski definition) is 2. The van der Waals surface area contributed by atoms with Crippen LogP contribution >= 0.6 is 34.7 Å². The second-order valence-corrected chi connectivity index (χ2v) is 9.26. The summed E-state index contributed by atoms with van der Waals surface area (Å²) < 4.78 is 2.85. The molecule has 0 saturated carbocycles. The lowest BCUT2D eigenvalue weighted by molar-refractivity contribution is -0.113. The molecule has 0 spiro atoms. The average Bonchev–Trinajstić information content (AvgIpc) is 3.22. The summed E-state index contributed by atoms with van der Waals surface area (Å²) >= 11 is 8.80. The van der Waals surface area contributed by atoms with Crippen molar-refractivity contribution in [3.8, 4) is 0 Å². The zero-order valence-electron chi connectivity index (χ0n) is 16.7. The van der Waals surface area contributed by atoms with Gasteiger partial charge in [0.15, 0.2) is 10.3 Å². The van der Waals surface area contributed by atoms with Crippen molar-refractivity contribution in [1.29, 1.82) is 0 Å². The van der Waals surface area contributed by atoms with Gasteiger partial charge in [-0.2, -0.15) is 0 Å². The van der Waals surface area contributed by atoms with Gasteiger partial charge in [0.25, 0.3) is 0 Å². The number of nitrogens with zero attached hydrogens (tertiary/aromatic N) is 3. The van der Waals surface area contributed by atoms with Gasteiger partial charge in [-0.05, 0) is 51.1 Å². The number of aromatic nitrogens is 3. The third kappa shape index (κ3) is 4.61. The van der Waals surface area contributed by atoms with E-state index in [1.165, 1.54) is 28.7 Å². The van der Waals surface area contributed by atoms with Crippen LogP contribution in [0.3, 0.4) is 0 Å². The van der Waals surface area contributed by atoms with Gasteiger partial charge in [0.05, 0.1) is 33.0 Å². The Kier molecular flexibility index (Phi) is 5.99. The number of thioether (sulfide) groups is 1. The first kappa shape index (κ1) is 20.7. The van der Waals surface area contributed by atoms with Crippen molar-refractivity contribution in [2.24, 2.45) is 0 Å². The van der Waals surface area contributed by atoms with Gasteiger partial charge in [0.1, 0.15) is 0 Å². The number of hydrogen-bond acceptors (Lipinski definition) is 6. The van der Waals surface area contributed by atoms with Crippen molar-refractivity contribution in [3.63, 3.8) is 0 Å². The molecule has 0 aliphatic rings. The summed E-state index contributed by atoms with van der Waals surface area (Å²) in [5.41, 5.74) is 8.25. The molecule has 0 saturated heterocycles. The fourth-order valence-electron chi connectivity index (χ4n) is 2.80. The molecule has 6 nitrogen and oxygen atoms in total. The lowest BCUT2D eigenvalue weighted by atomic mass is 10.2. The molecular formula is C21H20ClN5OS2. The Hall–Kier alpha value is -2.55. The summed E-state index contributed by atoms with van der Waals surface area (Å²) in [6, 6.07) is 13.6. The van der Waals surface area contributed by atoms with E-state index in [2.05, 4.69) is 27.6 Å². The van der Waals surface area contributed by atoms with Crippen molar-refractivity contribution in [3.05, 3.63) is 64.4 Å². The Morgan fingerprint density at radius 3 is 2.67 bits per heavy atom. The first-order valence-electron chi connectivity index (χ1n) is 9.27. The van der Waals surface area contributed by atoms with E-state index in [1.807, 2.05) is 54.9 Å². The number of carbonyl (C=O) groups is 1. The van der Waals surface area contributed by atoms with E-state index in [9.17, 15) is 4.79 Å². The van der Waals surface area contributed by atoms with Crippen LogP contribution in [0, 0.1) is 20.8 Å². The molecule has 9 heteroatoms. The highest BCUT2D eigenvalue weighted by Gasteiger charge is 2.15. The number of amides is 1. The Morgan fingerprint density at radius 1 is 1.13 bits per heavy atom. The number of nitrogens with one attached hydrogen (secondary N) is 2. The molecule has 0 atom stereocenters. The fraction of sp³-hybridized carbons (Fsp3) is 0.190. The minimum atomic E-state index is -0.134. The number of aryl methyl sites for hydroxylation is 2. The van der Waals surface area contributed by atoms with Gasteiger partial charge in [0, 0.05) is 5.02 Å². The standard InChI is InChI=1S/C21H20ClN5OS2/c1-12-4-7-16(8-5-12)26-27-14(3)13(2)23-21(27)29-11-19(28)25-20-24-17-9-6-15(22)10-18(17)30-20/h4-10,26H,11H2,1-3H3,(H,24,25,28). The summed E-state index contributed by atoms with van der Waals surface area (Å²) in [4.78, 5) is 21.5. The van der Waals surface area contributed by atoms with Gasteiger partial charge in [-0.25, -0.2) is 14.6 Å². The summed E-state index contributed by atoms with van der Waals surface area (Å²) in [5, 5.41) is 4.81. The number of imidazole rings is 1. The molecule has 0 aliphatic carbocycles. The van der Waals surface area contributed by atoms with E-state index in [1.54, 1.807) is 6.07 Å². The zero-order chi connectivity index (χ0) is 21.3. The number of thiazole rings is 1. The van der Waals surface area contributed by atoms with Crippen molar-refractivity contribution in [2.75, 3.05) is 16.5 Å². The highest BCUT2D eigenvalue weighted by atomic mass is 35.5. The lowest BCUT2D eigenvalue weighted by Crippen LogP contribution is -2.16. The van der Waals surface area contributed by atoms with Crippen LogP contribution in [-0.4, -0.2) is 26.3 Å². The molecule has 0 aliphatic heterocycles. The van der Waals surface area contributed by atoms with Gasteiger partial charge in [0.2, 0.25) is 5.91 Å². The van der Waals surface area contributed by atoms with Crippen LogP contribution in [-0.2, 0) is 4.79 Å². The predicted octanol–water partition coefficient (Wildman–Crippen LogP) is 5.68. The topological polar surface area (TPSA) is 71.8 Å². The second kappa shape index (κ2) is 8.67. The van der Waals surface area contributed by atoms with E-state index in [0.29, 0.717) is 10.2 Å². The molecule has 0 unspecified atom stereocenters. The number of halogens is 1. The van der Waals surface area contributed by atoms with Gasteiger partial charge >= 0.3 is 0 Å². The smallest absolute Gasteiger partial charge is 0.236 e. The van der Waals surface area contributed by atoms with Gasteiger partial charge in [-0.15, -0.1) is 0 Å². The quantitative estimate of drug-likeness (QED) is 0.364. The van der Waals surface area contributed by atoms with Gasteiger partial charge in [-0.1, -0.05) is 52.4 Å². The monoisotopic (exact) mass is 457 g/mol. The van der Waals surface area contributed by atoms with Crippen LogP contribution in [0.25, 0.3) is 10.2 Å². The zero-order valence-corrected chi connectivity index (χ0v) is 19.1. The van der Waals surface area contributed by atoms with Crippen LogP contribution in [0.4, 0.5) is 10.8 Å². The second-order valence-electron chi connectivity index (χ2n) is 6.85. The highest BCUT2D eigenvalue weighted by molar-refractivity contribution is 7.99. The molecule has 154 valence electrons. The molecule has 2 aromatic carbocycles. The van der Waals surface area contributed by atoms with Crippen LogP contribution in [0.2, 0.25) is 5.02 Å². The molecule has 2 heterocycles. The minimum Gasteiger partial charge on any atom is -0.301 e. The normalized spacial score (nSPS) is 11.1. The molecule has 4 rings (SSSR count). The number of fused-ring (bicyclic) bond motifs is 1. The maximum Gasteiger partial charge on any atom is 0.236 e. The molecule has 0 fully saturated rings. The highest BCUT2D eigenvalue weighted by Crippen LogP contribution is 2.29. The third-order valence-corrected chi connectivity index (χ3v) is 6.64. The van der Waals surface area contributed by atoms with E-state index >= 15 is 0 Å². The first-order valence-corrected chi connectivity index (χ1v) is 11.5. The van der Waals surface area contributed by atoms with Crippen LogP contribution < -0.4 is 10.7 Å². The lowest BCUT2D eigenvalue weighted by Gasteiger charge is -2.13. The molecule has 1 amide bonds. The maximum absolute atomic E-state index is 12.5. The number of rotatable bonds is 6. The van der Waals surface area contributed by atoms with E-state index < -0.39 is 0 Å². The molecule has 4 aromatic rings. The average molecular weight is 458 g/mol. The third-order valence-electron chi connectivity index (χ3n) is 4.54. The van der Waals surface area contributed by atoms with E-state index in [-0.39, 0.29) is 11.7 Å². The molecule has 0 radical (unpaired) electrons. The Labute approximate surface area is 187 Å². The van der Waals surface area contributed by atoms with Crippen LogP contribution in [0.15, 0.2) is 47.6 Å². The first-order chi connectivity index (χ1) is 14.4. The van der Waals surface area contributed by atoms with Crippen molar-refractivity contribution in [1.82, 2.24) is 14.6 Å². The van der Waals surface area contributed by atoms with Crippen molar-refractivity contribution >= 4 is 61.6 Å². The van der Waals surface area contributed by atoms with Crippen LogP contribution in [0.5, 0.6) is 0 Å². The molecule has 30 heavy (non-hydrogen) atoms. The number of carbonyl (C=O) groups excluding carboxylic acids is 1. The van der Waals surface area contributed by atoms with Crippen molar-refractivity contribution < 1.29 is 4.79 Å². The maximum atomic E-state index is 12.5. The van der Waals surface area contributed by atoms with Gasteiger partial charge in [-0.3, -0.25) is 10.2 Å². The summed E-state index contributed by atoms with van der Waals surface area (Å²) in [6.45, 7) is 6.01.